The Morgan fingerprint density at radius 3 is 2.70 bits per heavy atom. The highest BCUT2D eigenvalue weighted by Gasteiger charge is 2.12. The zero-order valence-corrected chi connectivity index (χ0v) is 15.0. The Morgan fingerprint density at radius 2 is 1.87 bits per heavy atom. The fraction of sp³-hybridized carbons (Fsp3) is 0.611. The molecule has 0 spiro atoms. The highest BCUT2D eigenvalue weighted by atomic mass is 32.1. The Morgan fingerprint density at radius 1 is 1.09 bits per heavy atom. The van der Waals surface area contributed by atoms with Crippen molar-refractivity contribution in [3.63, 3.8) is 0 Å². The quantitative estimate of drug-likeness (QED) is 0.527. The molecule has 1 heterocycles. The molecule has 5 heteroatoms. The molecule has 0 saturated carbocycles. The lowest BCUT2D eigenvalue weighted by molar-refractivity contribution is 0.174. The van der Waals surface area contributed by atoms with Crippen LogP contribution in [-0.4, -0.2) is 18.5 Å². The monoisotopic (exact) mass is 336 g/mol. The maximum atomic E-state index is 5.37. The lowest BCUT2D eigenvalue weighted by atomic mass is 10.0. The lowest BCUT2D eigenvalue weighted by Gasteiger charge is -2.11. The van der Waals surface area contributed by atoms with Gasteiger partial charge < -0.3 is 20.1 Å². The highest BCUT2D eigenvalue weighted by Crippen LogP contribution is 2.32. The van der Waals surface area contributed by atoms with E-state index < -0.39 is 0 Å². The van der Waals surface area contributed by atoms with Crippen molar-refractivity contribution in [3.05, 3.63) is 23.8 Å². The molecule has 0 fully saturated rings. The van der Waals surface area contributed by atoms with Gasteiger partial charge in [-0.05, 0) is 42.3 Å². The van der Waals surface area contributed by atoms with Crippen LogP contribution in [0.2, 0.25) is 0 Å². The first-order valence-corrected chi connectivity index (χ1v) is 8.96. The minimum Gasteiger partial charge on any atom is -0.454 e. The van der Waals surface area contributed by atoms with Crippen LogP contribution in [0.25, 0.3) is 0 Å². The molecule has 1 aliphatic heterocycles. The topological polar surface area (TPSA) is 42.5 Å². The van der Waals surface area contributed by atoms with Crippen molar-refractivity contribution < 1.29 is 9.47 Å². The first-order chi connectivity index (χ1) is 11.1. The molecule has 23 heavy (non-hydrogen) atoms. The third kappa shape index (κ3) is 6.65. The van der Waals surface area contributed by atoms with Crippen molar-refractivity contribution in [3.8, 4) is 11.5 Å². The number of hydrogen-bond donors (Lipinski definition) is 2. The van der Waals surface area contributed by atoms with E-state index in [2.05, 4.69) is 24.5 Å². The highest BCUT2D eigenvalue weighted by molar-refractivity contribution is 7.80. The van der Waals surface area contributed by atoms with E-state index in [1.165, 1.54) is 32.1 Å². The van der Waals surface area contributed by atoms with Gasteiger partial charge in [0, 0.05) is 13.1 Å². The first kappa shape index (κ1) is 17.9. The largest absolute Gasteiger partial charge is 0.454 e. The molecule has 0 saturated heterocycles. The second kappa shape index (κ2) is 9.60. The number of hydrogen-bond acceptors (Lipinski definition) is 3. The van der Waals surface area contributed by atoms with E-state index in [4.69, 9.17) is 21.7 Å². The molecule has 4 nitrogen and oxygen atoms in total. The summed E-state index contributed by atoms with van der Waals surface area (Å²) in [4.78, 5) is 0. The molecule has 0 unspecified atom stereocenters. The van der Waals surface area contributed by atoms with Gasteiger partial charge in [-0.15, -0.1) is 0 Å². The van der Waals surface area contributed by atoms with Crippen LogP contribution in [0, 0.1) is 5.92 Å². The Labute approximate surface area is 144 Å². The average molecular weight is 337 g/mol. The van der Waals surface area contributed by atoms with Crippen LogP contribution in [0.5, 0.6) is 11.5 Å². The summed E-state index contributed by atoms with van der Waals surface area (Å²) in [6, 6.07) is 5.96. The molecule has 0 amide bonds. The zero-order valence-electron chi connectivity index (χ0n) is 14.2. The zero-order chi connectivity index (χ0) is 16.5. The number of thiocarbonyl (C=S) groups is 1. The van der Waals surface area contributed by atoms with Crippen LogP contribution >= 0.6 is 12.2 Å². The summed E-state index contributed by atoms with van der Waals surface area (Å²) in [6.07, 6.45) is 6.43. The fourth-order valence-corrected chi connectivity index (χ4v) is 2.70. The Balaban J connectivity index is 1.53. The van der Waals surface area contributed by atoms with E-state index in [1.54, 1.807) is 0 Å². The third-order valence-corrected chi connectivity index (χ3v) is 4.17. The van der Waals surface area contributed by atoms with Gasteiger partial charge in [-0.1, -0.05) is 45.6 Å². The van der Waals surface area contributed by atoms with Crippen molar-refractivity contribution in [1.29, 1.82) is 0 Å². The molecule has 2 rings (SSSR count). The van der Waals surface area contributed by atoms with E-state index in [0.717, 1.165) is 29.5 Å². The molecule has 0 bridgehead atoms. The number of fused-ring (bicyclic) bond motifs is 1. The Bertz CT molecular complexity index is 506. The standard InChI is InChI=1S/C18H28N2O2S/c1-14(2)7-5-3-4-6-10-19-18(23)20-12-15-8-9-16-17(11-15)22-13-21-16/h8-9,11,14H,3-7,10,12-13H2,1-2H3,(H2,19,20,23). The molecule has 0 atom stereocenters. The summed E-state index contributed by atoms with van der Waals surface area (Å²) < 4.78 is 10.7. The van der Waals surface area contributed by atoms with Crippen molar-refractivity contribution in [1.82, 2.24) is 10.6 Å². The predicted octanol–water partition coefficient (Wildman–Crippen LogP) is 3.99. The summed E-state index contributed by atoms with van der Waals surface area (Å²) in [5.74, 6) is 2.44. The van der Waals surface area contributed by atoms with Crippen LogP contribution in [0.4, 0.5) is 0 Å². The summed E-state index contributed by atoms with van der Waals surface area (Å²) in [7, 11) is 0. The lowest BCUT2D eigenvalue weighted by Crippen LogP contribution is -2.35. The van der Waals surface area contributed by atoms with Crippen molar-refractivity contribution >= 4 is 17.3 Å². The number of unbranched alkanes of at least 4 members (excludes halogenated alkanes) is 3. The third-order valence-electron chi connectivity index (χ3n) is 3.88. The molecule has 1 aromatic carbocycles. The first-order valence-electron chi connectivity index (χ1n) is 8.55. The predicted molar refractivity (Wildman–Crippen MR) is 97.9 cm³/mol. The van der Waals surface area contributed by atoms with E-state index in [-0.39, 0.29) is 0 Å². The van der Waals surface area contributed by atoms with Gasteiger partial charge in [0.15, 0.2) is 16.6 Å². The second-order valence-electron chi connectivity index (χ2n) is 6.39. The smallest absolute Gasteiger partial charge is 0.231 e. The molecule has 2 N–H and O–H groups in total. The van der Waals surface area contributed by atoms with Gasteiger partial charge in [0.1, 0.15) is 0 Å². The Kier molecular flexibility index (Phi) is 7.46. The summed E-state index contributed by atoms with van der Waals surface area (Å²) in [5.41, 5.74) is 1.13. The summed E-state index contributed by atoms with van der Waals surface area (Å²) >= 11 is 5.31. The minimum absolute atomic E-state index is 0.309. The van der Waals surface area contributed by atoms with Gasteiger partial charge in [-0.3, -0.25) is 0 Å². The van der Waals surface area contributed by atoms with Crippen LogP contribution in [0.15, 0.2) is 18.2 Å². The van der Waals surface area contributed by atoms with E-state index in [9.17, 15) is 0 Å². The average Bonchev–Trinajstić information content (AvgIpc) is 2.99. The second-order valence-corrected chi connectivity index (χ2v) is 6.80. The number of benzene rings is 1. The van der Waals surface area contributed by atoms with Crippen molar-refractivity contribution in [2.45, 2.75) is 52.5 Å². The van der Waals surface area contributed by atoms with E-state index >= 15 is 0 Å². The summed E-state index contributed by atoms with van der Waals surface area (Å²) in [6.45, 7) is 6.51. The van der Waals surface area contributed by atoms with E-state index in [0.29, 0.717) is 18.5 Å². The normalized spacial score (nSPS) is 12.5. The molecule has 1 aromatic rings. The van der Waals surface area contributed by atoms with Gasteiger partial charge in [0.05, 0.1) is 0 Å². The van der Waals surface area contributed by atoms with Crippen molar-refractivity contribution in [2.75, 3.05) is 13.3 Å². The van der Waals surface area contributed by atoms with Crippen LogP contribution in [0.3, 0.4) is 0 Å². The maximum Gasteiger partial charge on any atom is 0.231 e. The Hall–Kier alpha value is -1.49. The molecule has 0 aromatic heterocycles. The van der Waals surface area contributed by atoms with Gasteiger partial charge in [0.25, 0.3) is 0 Å². The van der Waals surface area contributed by atoms with Gasteiger partial charge in [-0.25, -0.2) is 0 Å². The molecular formula is C18H28N2O2S. The van der Waals surface area contributed by atoms with Gasteiger partial charge in [0.2, 0.25) is 6.79 Å². The molecule has 1 aliphatic rings. The number of rotatable bonds is 9. The van der Waals surface area contributed by atoms with Crippen LogP contribution in [-0.2, 0) is 6.54 Å². The molecule has 0 aliphatic carbocycles. The molecular weight excluding hydrogens is 308 g/mol. The summed E-state index contributed by atoms with van der Waals surface area (Å²) in [5, 5.41) is 7.21. The van der Waals surface area contributed by atoms with Crippen LogP contribution in [0.1, 0.15) is 51.5 Å². The van der Waals surface area contributed by atoms with Crippen LogP contribution < -0.4 is 20.1 Å². The number of nitrogens with one attached hydrogen (secondary N) is 2. The van der Waals surface area contributed by atoms with Gasteiger partial charge >= 0.3 is 0 Å². The fourth-order valence-electron chi connectivity index (χ4n) is 2.53. The molecule has 128 valence electrons. The van der Waals surface area contributed by atoms with Gasteiger partial charge in [-0.2, -0.15) is 0 Å². The van der Waals surface area contributed by atoms with E-state index in [1.807, 2.05) is 18.2 Å². The minimum atomic E-state index is 0.309. The maximum absolute atomic E-state index is 5.37. The molecule has 0 radical (unpaired) electrons. The number of ether oxygens (including phenoxy) is 2. The SMILES string of the molecule is CC(C)CCCCCCNC(=S)NCc1ccc2c(c1)OCO2. The van der Waals surface area contributed by atoms with Crippen molar-refractivity contribution in [2.24, 2.45) is 5.92 Å².